The molecule has 2 aromatic rings. The van der Waals surface area contributed by atoms with Crippen LogP contribution in [0, 0.1) is 0 Å². The Morgan fingerprint density at radius 1 is 1.30 bits per heavy atom. The van der Waals surface area contributed by atoms with E-state index in [1.807, 2.05) is 43.8 Å². The van der Waals surface area contributed by atoms with Crippen LogP contribution < -0.4 is 5.32 Å². The first kappa shape index (κ1) is 21.9. The van der Waals surface area contributed by atoms with Crippen molar-refractivity contribution in [2.24, 2.45) is 0 Å². The number of carbonyl (C=O) groups is 1. The molecular formula is C19H30BrN3O3Si. The fourth-order valence-electron chi connectivity index (χ4n) is 2.49. The Labute approximate surface area is 170 Å². The summed E-state index contributed by atoms with van der Waals surface area (Å²) in [6.45, 7) is 14.0. The van der Waals surface area contributed by atoms with Crippen LogP contribution >= 0.6 is 15.9 Å². The fraction of sp³-hybridized carbons (Fsp3) is 0.579. The predicted molar refractivity (Wildman–Crippen MR) is 115 cm³/mol. The number of halogens is 1. The molecule has 1 aromatic carbocycles. The second kappa shape index (κ2) is 8.75. The summed E-state index contributed by atoms with van der Waals surface area (Å²) in [6, 6.07) is 5.06. The Morgan fingerprint density at radius 2 is 2.00 bits per heavy atom. The van der Waals surface area contributed by atoms with Gasteiger partial charge in [-0.15, -0.1) is 0 Å². The summed E-state index contributed by atoms with van der Waals surface area (Å²) in [4.78, 5) is 12.0. The molecule has 27 heavy (non-hydrogen) atoms. The molecule has 0 unspecified atom stereocenters. The van der Waals surface area contributed by atoms with E-state index in [9.17, 15) is 4.79 Å². The lowest BCUT2D eigenvalue weighted by Crippen LogP contribution is -2.32. The maximum Gasteiger partial charge on any atom is 0.407 e. The number of nitrogens with zero attached hydrogens (tertiary/aromatic N) is 2. The average Bonchev–Trinajstić information content (AvgIpc) is 2.93. The van der Waals surface area contributed by atoms with Gasteiger partial charge in [0.1, 0.15) is 12.3 Å². The summed E-state index contributed by atoms with van der Waals surface area (Å²) in [5.41, 5.74) is 1.39. The van der Waals surface area contributed by atoms with Gasteiger partial charge in [0.15, 0.2) is 0 Å². The number of hydrogen-bond donors (Lipinski definition) is 1. The fourth-order valence-corrected chi connectivity index (χ4v) is 3.67. The van der Waals surface area contributed by atoms with Gasteiger partial charge in [-0.3, -0.25) is 0 Å². The smallest absolute Gasteiger partial charge is 0.407 e. The third-order valence-electron chi connectivity index (χ3n) is 3.86. The summed E-state index contributed by atoms with van der Waals surface area (Å²) in [5, 5.41) is 8.28. The van der Waals surface area contributed by atoms with E-state index < -0.39 is 19.8 Å². The molecule has 2 rings (SSSR count). The molecule has 0 fully saturated rings. The van der Waals surface area contributed by atoms with E-state index in [4.69, 9.17) is 9.47 Å². The number of rotatable bonds is 7. The van der Waals surface area contributed by atoms with Gasteiger partial charge < -0.3 is 14.8 Å². The number of nitrogens with one attached hydrogen (secondary N) is 1. The standard InChI is InChI=1S/C19H30BrN3O3Si/c1-19(2,3)26-18(24)21-11-14-7-8-16(20)15-12-22-23(17(14)15)13-25-9-10-27(4,5)6/h7-8,12H,9-11,13H2,1-6H3,(H,21,24). The molecule has 6 nitrogen and oxygen atoms in total. The summed E-state index contributed by atoms with van der Waals surface area (Å²) in [6.07, 6.45) is 1.38. The Morgan fingerprint density at radius 3 is 2.63 bits per heavy atom. The van der Waals surface area contributed by atoms with E-state index in [1.54, 1.807) is 0 Å². The summed E-state index contributed by atoms with van der Waals surface area (Å²) in [5.74, 6) is 0. The molecule has 0 bridgehead atoms. The molecule has 0 radical (unpaired) electrons. The molecule has 1 N–H and O–H groups in total. The van der Waals surface area contributed by atoms with Crippen LogP contribution in [0.3, 0.4) is 0 Å². The molecule has 0 atom stereocenters. The molecule has 0 spiro atoms. The number of benzene rings is 1. The van der Waals surface area contributed by atoms with Crippen LogP contribution in [-0.4, -0.2) is 36.2 Å². The zero-order valence-corrected chi connectivity index (χ0v) is 19.6. The van der Waals surface area contributed by atoms with Crippen LogP contribution in [0.15, 0.2) is 22.8 Å². The molecule has 0 aliphatic rings. The van der Waals surface area contributed by atoms with E-state index in [-0.39, 0.29) is 0 Å². The van der Waals surface area contributed by atoms with Crippen molar-refractivity contribution in [3.8, 4) is 0 Å². The maximum absolute atomic E-state index is 12.0. The third kappa shape index (κ3) is 6.93. The van der Waals surface area contributed by atoms with Crippen molar-refractivity contribution in [1.29, 1.82) is 0 Å². The van der Waals surface area contributed by atoms with Crippen molar-refractivity contribution in [2.75, 3.05) is 6.61 Å². The van der Waals surface area contributed by atoms with Gasteiger partial charge in [0, 0.05) is 31.1 Å². The van der Waals surface area contributed by atoms with E-state index in [1.165, 1.54) is 0 Å². The van der Waals surface area contributed by atoms with Gasteiger partial charge >= 0.3 is 6.09 Å². The average molecular weight is 456 g/mol. The Kier molecular flexibility index (Phi) is 7.10. The van der Waals surface area contributed by atoms with Crippen molar-refractivity contribution in [3.05, 3.63) is 28.4 Å². The molecule has 1 amide bonds. The van der Waals surface area contributed by atoms with Gasteiger partial charge in [-0.05, 0) is 38.4 Å². The SMILES string of the molecule is CC(C)(C)OC(=O)NCc1ccc(Br)c2cnn(COCC[Si](C)(C)C)c12. The first-order valence-corrected chi connectivity index (χ1v) is 13.6. The van der Waals surface area contributed by atoms with E-state index in [0.29, 0.717) is 13.3 Å². The largest absolute Gasteiger partial charge is 0.444 e. The number of ether oxygens (including phenoxy) is 2. The molecule has 8 heteroatoms. The molecule has 0 saturated heterocycles. The number of carbonyl (C=O) groups excluding carboxylic acids is 1. The van der Waals surface area contributed by atoms with E-state index in [2.05, 4.69) is 46.0 Å². The highest BCUT2D eigenvalue weighted by molar-refractivity contribution is 9.10. The van der Waals surface area contributed by atoms with Gasteiger partial charge in [0.25, 0.3) is 0 Å². The lowest BCUT2D eigenvalue weighted by Gasteiger charge is -2.20. The van der Waals surface area contributed by atoms with E-state index >= 15 is 0 Å². The first-order chi connectivity index (χ1) is 12.5. The van der Waals surface area contributed by atoms with Gasteiger partial charge in [0.05, 0.1) is 11.7 Å². The van der Waals surface area contributed by atoms with Crippen LogP contribution in [0.25, 0.3) is 10.9 Å². The Bertz CT molecular complexity index is 794. The number of aromatic nitrogens is 2. The molecule has 1 aromatic heterocycles. The highest BCUT2D eigenvalue weighted by atomic mass is 79.9. The van der Waals surface area contributed by atoms with Crippen molar-refractivity contribution in [2.45, 2.75) is 65.3 Å². The van der Waals surface area contributed by atoms with Gasteiger partial charge in [-0.25, -0.2) is 9.48 Å². The first-order valence-electron chi connectivity index (χ1n) is 9.14. The minimum atomic E-state index is -1.12. The minimum Gasteiger partial charge on any atom is -0.444 e. The van der Waals surface area contributed by atoms with Crippen molar-refractivity contribution in [3.63, 3.8) is 0 Å². The van der Waals surface area contributed by atoms with Crippen molar-refractivity contribution >= 4 is 41.0 Å². The lowest BCUT2D eigenvalue weighted by molar-refractivity contribution is 0.0523. The van der Waals surface area contributed by atoms with E-state index in [0.717, 1.165) is 33.6 Å². The molecule has 1 heterocycles. The normalized spacial score (nSPS) is 12.4. The topological polar surface area (TPSA) is 65.4 Å². The van der Waals surface area contributed by atoms with Crippen molar-refractivity contribution in [1.82, 2.24) is 15.1 Å². The second-order valence-corrected chi connectivity index (χ2v) is 15.3. The number of amides is 1. The van der Waals surface area contributed by atoms with Crippen LogP contribution in [0.5, 0.6) is 0 Å². The quantitative estimate of drug-likeness (QED) is 0.463. The molecule has 0 aliphatic carbocycles. The van der Waals surface area contributed by atoms with Crippen molar-refractivity contribution < 1.29 is 14.3 Å². The second-order valence-electron chi connectivity index (χ2n) is 8.82. The monoisotopic (exact) mass is 455 g/mol. The van der Waals surface area contributed by atoms with Gasteiger partial charge in [-0.1, -0.05) is 41.6 Å². The van der Waals surface area contributed by atoms with Gasteiger partial charge in [-0.2, -0.15) is 5.10 Å². The summed E-state index contributed by atoms with van der Waals surface area (Å²) >= 11 is 3.57. The predicted octanol–water partition coefficient (Wildman–Crippen LogP) is 5.14. The van der Waals surface area contributed by atoms with Crippen LogP contribution in [-0.2, 0) is 22.7 Å². The summed E-state index contributed by atoms with van der Waals surface area (Å²) in [7, 11) is -1.12. The number of alkyl carbamates (subject to hydrolysis) is 1. The van der Waals surface area contributed by atoms with Crippen LogP contribution in [0.1, 0.15) is 26.3 Å². The maximum atomic E-state index is 12.0. The summed E-state index contributed by atoms with van der Waals surface area (Å²) < 4.78 is 14.0. The van der Waals surface area contributed by atoms with Crippen LogP contribution in [0.4, 0.5) is 4.79 Å². The highest BCUT2D eigenvalue weighted by Gasteiger charge is 2.17. The highest BCUT2D eigenvalue weighted by Crippen LogP contribution is 2.27. The molecule has 150 valence electrons. The Balaban J connectivity index is 2.11. The van der Waals surface area contributed by atoms with Gasteiger partial charge in [0.2, 0.25) is 0 Å². The molecule has 0 saturated carbocycles. The van der Waals surface area contributed by atoms with Crippen LogP contribution in [0.2, 0.25) is 25.7 Å². The minimum absolute atomic E-state index is 0.360. The Hall–Kier alpha value is -1.38. The number of fused-ring (bicyclic) bond motifs is 1. The third-order valence-corrected chi connectivity index (χ3v) is 6.26. The molecule has 0 aliphatic heterocycles. The zero-order valence-electron chi connectivity index (χ0n) is 17.1. The number of hydrogen-bond acceptors (Lipinski definition) is 4. The molecular weight excluding hydrogens is 426 g/mol. The lowest BCUT2D eigenvalue weighted by atomic mass is 10.1. The zero-order chi connectivity index (χ0) is 20.2.